The van der Waals surface area contributed by atoms with Crippen LogP contribution in [0.5, 0.6) is 0 Å². The highest BCUT2D eigenvalue weighted by Gasteiger charge is 2.10. The third-order valence-electron chi connectivity index (χ3n) is 2.44. The van der Waals surface area contributed by atoms with Gasteiger partial charge in [-0.25, -0.2) is 17.2 Å². The molecule has 0 aliphatic carbocycles. The van der Waals surface area contributed by atoms with Crippen LogP contribution in [0.1, 0.15) is 24.5 Å². The van der Waals surface area contributed by atoms with E-state index in [1.165, 1.54) is 18.4 Å². The molecule has 1 rings (SSSR count). The smallest absolute Gasteiger partial charge is 0.263 e. The molecule has 0 saturated heterocycles. The van der Waals surface area contributed by atoms with E-state index < -0.39 is 16.3 Å². The molecule has 18 heavy (non-hydrogen) atoms. The lowest BCUT2D eigenvalue weighted by Gasteiger charge is -2.12. The summed E-state index contributed by atoms with van der Waals surface area (Å²) in [6.45, 7) is 2.23. The molecule has 1 aromatic carbocycles. The summed E-state index contributed by atoms with van der Waals surface area (Å²) in [5.74, 6) is 0.0577. The average molecular weight is 277 g/mol. The van der Waals surface area contributed by atoms with Crippen molar-refractivity contribution in [1.29, 1.82) is 0 Å². The van der Waals surface area contributed by atoms with Gasteiger partial charge in [0, 0.05) is 24.4 Å². The van der Waals surface area contributed by atoms with Gasteiger partial charge in [0.25, 0.3) is 6.43 Å². The Balaban J connectivity index is 2.49. The Bertz CT molecular complexity index is 471. The monoisotopic (exact) mass is 277 g/mol. The lowest BCUT2D eigenvalue weighted by Crippen LogP contribution is -2.32. The lowest BCUT2D eigenvalue weighted by molar-refractivity contribution is 0.151. The zero-order valence-electron chi connectivity index (χ0n) is 10.4. The van der Waals surface area contributed by atoms with Crippen LogP contribution in [0, 0.1) is 0 Å². The first kappa shape index (κ1) is 15.0. The Morgan fingerprint density at radius 3 is 2.22 bits per heavy atom. The van der Waals surface area contributed by atoms with Crippen LogP contribution in [-0.2, 0) is 16.4 Å². The molecular formula is C12H17F2NO2S. The van der Waals surface area contributed by atoms with Crippen molar-refractivity contribution in [1.82, 2.24) is 5.32 Å². The number of nitrogens with one attached hydrogen (secondary N) is 1. The molecule has 0 aliphatic heterocycles. The number of hydrogen-bond acceptors (Lipinski definition) is 3. The summed E-state index contributed by atoms with van der Waals surface area (Å²) in [5.41, 5.74) is 0.836. The van der Waals surface area contributed by atoms with E-state index in [-0.39, 0.29) is 17.4 Å². The second-order valence-electron chi connectivity index (χ2n) is 4.42. The number of alkyl halides is 2. The topological polar surface area (TPSA) is 46.2 Å². The summed E-state index contributed by atoms with van der Waals surface area (Å²) in [6, 6.07) is 5.81. The van der Waals surface area contributed by atoms with E-state index in [1.54, 1.807) is 19.1 Å². The van der Waals surface area contributed by atoms with Crippen LogP contribution >= 0.6 is 0 Å². The molecule has 1 N–H and O–H groups in total. The van der Waals surface area contributed by atoms with Gasteiger partial charge in [-0.1, -0.05) is 24.3 Å². The number of halogens is 2. The summed E-state index contributed by atoms with van der Waals surface area (Å²) in [4.78, 5) is 0. The van der Waals surface area contributed by atoms with Crippen LogP contribution in [0.2, 0.25) is 0 Å². The zero-order valence-corrected chi connectivity index (χ0v) is 11.2. The quantitative estimate of drug-likeness (QED) is 0.866. The first-order chi connectivity index (χ1) is 8.28. The molecule has 102 valence electrons. The van der Waals surface area contributed by atoms with Gasteiger partial charge in [0.05, 0.1) is 5.75 Å². The molecule has 0 bridgehead atoms. The lowest BCUT2D eigenvalue weighted by atomic mass is 10.1. The number of rotatable bonds is 6. The molecule has 1 unspecified atom stereocenters. The molecular weight excluding hydrogens is 260 g/mol. The van der Waals surface area contributed by atoms with Crippen LogP contribution < -0.4 is 5.32 Å². The van der Waals surface area contributed by atoms with Crippen molar-refractivity contribution in [2.24, 2.45) is 0 Å². The molecule has 0 radical (unpaired) electrons. The van der Waals surface area contributed by atoms with Gasteiger partial charge in [0.2, 0.25) is 0 Å². The fraction of sp³-hybridized carbons (Fsp3) is 0.500. The summed E-state index contributed by atoms with van der Waals surface area (Å²) >= 11 is 0. The Morgan fingerprint density at radius 1 is 1.22 bits per heavy atom. The Morgan fingerprint density at radius 2 is 1.78 bits per heavy atom. The van der Waals surface area contributed by atoms with Gasteiger partial charge in [0.1, 0.15) is 9.84 Å². The highest BCUT2D eigenvalue weighted by atomic mass is 32.2. The Kier molecular flexibility index (Phi) is 5.22. The van der Waals surface area contributed by atoms with E-state index in [0.29, 0.717) is 6.54 Å². The third kappa shape index (κ3) is 5.55. The van der Waals surface area contributed by atoms with E-state index in [4.69, 9.17) is 0 Å². The zero-order chi connectivity index (χ0) is 13.8. The van der Waals surface area contributed by atoms with Crippen LogP contribution in [0.4, 0.5) is 8.78 Å². The minimum Gasteiger partial charge on any atom is -0.309 e. The number of sulfone groups is 1. The van der Waals surface area contributed by atoms with Crippen molar-refractivity contribution >= 4 is 9.84 Å². The van der Waals surface area contributed by atoms with Crippen molar-refractivity contribution in [3.8, 4) is 0 Å². The van der Waals surface area contributed by atoms with Crippen molar-refractivity contribution in [3.63, 3.8) is 0 Å². The fourth-order valence-corrected chi connectivity index (χ4v) is 2.61. The maximum Gasteiger partial charge on any atom is 0.263 e. The normalized spacial score (nSPS) is 13.8. The van der Waals surface area contributed by atoms with Crippen LogP contribution in [0.3, 0.4) is 0 Å². The standard InChI is InChI=1S/C12H17F2NO2S/c1-9(8-18(2,16)17)15-7-10-3-5-11(6-4-10)12(13)14/h3-6,9,12,15H,7-8H2,1-2H3. The van der Waals surface area contributed by atoms with Gasteiger partial charge in [-0.2, -0.15) is 0 Å². The number of hydrogen-bond donors (Lipinski definition) is 1. The molecule has 0 aliphatic rings. The highest BCUT2D eigenvalue weighted by molar-refractivity contribution is 7.90. The van der Waals surface area contributed by atoms with Gasteiger partial charge in [0.15, 0.2) is 0 Å². The summed E-state index contributed by atoms with van der Waals surface area (Å²) in [6.07, 6.45) is -1.28. The average Bonchev–Trinajstić information content (AvgIpc) is 2.24. The van der Waals surface area contributed by atoms with Gasteiger partial charge in [-0.3, -0.25) is 0 Å². The molecule has 0 aromatic heterocycles. The predicted octanol–water partition coefficient (Wildman–Crippen LogP) is 2.15. The molecule has 0 saturated carbocycles. The molecule has 3 nitrogen and oxygen atoms in total. The molecule has 1 aromatic rings. The highest BCUT2D eigenvalue weighted by Crippen LogP contribution is 2.18. The third-order valence-corrected chi connectivity index (χ3v) is 3.54. The summed E-state index contributed by atoms with van der Waals surface area (Å²) in [7, 11) is -3.01. The SMILES string of the molecule is CC(CS(C)(=O)=O)NCc1ccc(C(F)F)cc1. The van der Waals surface area contributed by atoms with Crippen molar-refractivity contribution in [3.05, 3.63) is 35.4 Å². The largest absolute Gasteiger partial charge is 0.309 e. The van der Waals surface area contributed by atoms with E-state index >= 15 is 0 Å². The first-order valence-electron chi connectivity index (χ1n) is 5.56. The van der Waals surface area contributed by atoms with E-state index in [9.17, 15) is 17.2 Å². The summed E-state index contributed by atoms with van der Waals surface area (Å²) in [5, 5.41) is 3.04. The minimum atomic E-state index is -3.01. The van der Waals surface area contributed by atoms with Crippen molar-refractivity contribution < 1.29 is 17.2 Å². The van der Waals surface area contributed by atoms with Gasteiger partial charge >= 0.3 is 0 Å². The molecule has 0 amide bonds. The van der Waals surface area contributed by atoms with E-state index in [0.717, 1.165) is 5.56 Å². The van der Waals surface area contributed by atoms with Gasteiger partial charge in [-0.15, -0.1) is 0 Å². The second-order valence-corrected chi connectivity index (χ2v) is 6.60. The molecule has 0 fully saturated rings. The minimum absolute atomic E-state index is 0.0112. The first-order valence-corrected chi connectivity index (χ1v) is 7.62. The van der Waals surface area contributed by atoms with Gasteiger partial charge < -0.3 is 5.32 Å². The van der Waals surface area contributed by atoms with Gasteiger partial charge in [-0.05, 0) is 12.5 Å². The Labute approximate surface area is 106 Å². The Hall–Kier alpha value is -1.01. The van der Waals surface area contributed by atoms with Crippen LogP contribution in [0.25, 0.3) is 0 Å². The fourth-order valence-electron chi connectivity index (χ4n) is 1.59. The summed E-state index contributed by atoms with van der Waals surface area (Å²) < 4.78 is 46.7. The van der Waals surface area contributed by atoms with Crippen LogP contribution in [-0.4, -0.2) is 26.5 Å². The van der Waals surface area contributed by atoms with Crippen molar-refractivity contribution in [2.45, 2.75) is 25.9 Å². The van der Waals surface area contributed by atoms with E-state index in [2.05, 4.69) is 5.32 Å². The molecule has 1 atom stereocenters. The number of benzene rings is 1. The molecule has 0 spiro atoms. The maximum atomic E-state index is 12.3. The van der Waals surface area contributed by atoms with Crippen LogP contribution in [0.15, 0.2) is 24.3 Å². The predicted molar refractivity (Wildman–Crippen MR) is 67.4 cm³/mol. The van der Waals surface area contributed by atoms with Crippen molar-refractivity contribution in [2.75, 3.05) is 12.0 Å². The molecule has 6 heteroatoms. The maximum absolute atomic E-state index is 12.3. The second kappa shape index (κ2) is 6.24. The van der Waals surface area contributed by atoms with E-state index in [1.807, 2.05) is 0 Å². The molecule has 0 heterocycles.